The Balaban J connectivity index is 1.87. The Labute approximate surface area is 152 Å². The van der Waals surface area contributed by atoms with Crippen molar-refractivity contribution < 1.29 is 19.1 Å². The van der Waals surface area contributed by atoms with Crippen molar-refractivity contribution in [2.45, 2.75) is 50.5 Å². The second-order valence-electron chi connectivity index (χ2n) is 6.50. The summed E-state index contributed by atoms with van der Waals surface area (Å²) in [6.45, 7) is 3.36. The summed E-state index contributed by atoms with van der Waals surface area (Å²) in [5.41, 5.74) is 0.382. The largest absolute Gasteiger partial charge is 0.452 e. The van der Waals surface area contributed by atoms with Crippen molar-refractivity contribution in [2.24, 2.45) is 5.92 Å². The number of hydrogen-bond donors (Lipinski definition) is 1. The molecule has 6 heteroatoms. The van der Waals surface area contributed by atoms with Crippen molar-refractivity contribution in [3.05, 3.63) is 29.8 Å². The number of carbonyl (C=O) groups is 3. The van der Waals surface area contributed by atoms with Crippen LogP contribution in [0.5, 0.6) is 0 Å². The Hall–Kier alpha value is -1.82. The maximum atomic E-state index is 12.3. The van der Waals surface area contributed by atoms with Crippen LogP contribution < -0.4 is 5.32 Å². The van der Waals surface area contributed by atoms with Crippen molar-refractivity contribution in [1.29, 1.82) is 0 Å². The Morgan fingerprint density at radius 1 is 1.20 bits per heavy atom. The van der Waals surface area contributed by atoms with Crippen LogP contribution in [0.15, 0.2) is 29.2 Å². The molecule has 0 radical (unpaired) electrons. The van der Waals surface area contributed by atoms with Gasteiger partial charge in [-0.1, -0.05) is 31.9 Å². The minimum atomic E-state index is -0.543. The lowest BCUT2D eigenvalue weighted by Gasteiger charge is -2.29. The van der Waals surface area contributed by atoms with E-state index in [2.05, 4.69) is 12.2 Å². The van der Waals surface area contributed by atoms with Gasteiger partial charge in [-0.05, 0) is 37.8 Å². The molecule has 136 valence electrons. The summed E-state index contributed by atoms with van der Waals surface area (Å²) < 4.78 is 5.16. The van der Waals surface area contributed by atoms with Crippen LogP contribution in [0, 0.1) is 5.92 Å². The van der Waals surface area contributed by atoms with Gasteiger partial charge in [-0.25, -0.2) is 4.79 Å². The van der Waals surface area contributed by atoms with Gasteiger partial charge >= 0.3 is 5.97 Å². The van der Waals surface area contributed by atoms with Gasteiger partial charge in [0.1, 0.15) is 5.78 Å². The molecular weight excluding hydrogens is 338 g/mol. The van der Waals surface area contributed by atoms with Gasteiger partial charge < -0.3 is 10.1 Å². The highest BCUT2D eigenvalue weighted by Gasteiger charge is 2.23. The van der Waals surface area contributed by atoms with Crippen molar-refractivity contribution in [3.8, 4) is 0 Å². The molecule has 1 amide bonds. The predicted octanol–water partition coefficient (Wildman–Crippen LogP) is 3.22. The first-order valence-corrected chi connectivity index (χ1v) is 9.63. The predicted molar refractivity (Wildman–Crippen MR) is 97.7 cm³/mol. The van der Waals surface area contributed by atoms with E-state index in [9.17, 15) is 14.4 Å². The molecule has 25 heavy (non-hydrogen) atoms. The highest BCUT2D eigenvalue weighted by atomic mass is 32.2. The minimum Gasteiger partial charge on any atom is -0.452 e. The van der Waals surface area contributed by atoms with E-state index in [1.807, 2.05) is 0 Å². The summed E-state index contributed by atoms with van der Waals surface area (Å²) in [5.74, 6) is -0.0182. The number of carbonyl (C=O) groups excluding carboxylic acids is 3. The van der Waals surface area contributed by atoms with Gasteiger partial charge in [-0.2, -0.15) is 0 Å². The van der Waals surface area contributed by atoms with E-state index in [0.717, 1.165) is 19.3 Å². The highest BCUT2D eigenvalue weighted by molar-refractivity contribution is 8.00. The van der Waals surface area contributed by atoms with E-state index in [4.69, 9.17) is 4.74 Å². The smallest absolute Gasteiger partial charge is 0.339 e. The van der Waals surface area contributed by atoms with Gasteiger partial charge in [-0.3, -0.25) is 9.59 Å². The number of amides is 1. The number of esters is 1. The Morgan fingerprint density at radius 2 is 1.92 bits per heavy atom. The Morgan fingerprint density at radius 3 is 2.64 bits per heavy atom. The lowest BCUT2D eigenvalue weighted by atomic mass is 9.86. The molecule has 2 atom stereocenters. The first-order valence-electron chi connectivity index (χ1n) is 8.65. The van der Waals surface area contributed by atoms with Gasteiger partial charge in [0, 0.05) is 10.9 Å². The van der Waals surface area contributed by atoms with Crippen molar-refractivity contribution in [1.82, 2.24) is 5.32 Å². The molecule has 0 aliphatic heterocycles. The van der Waals surface area contributed by atoms with Crippen LogP contribution in [0.4, 0.5) is 0 Å². The fraction of sp³-hybridized carbons (Fsp3) is 0.526. The summed E-state index contributed by atoms with van der Waals surface area (Å²) >= 11 is 1.30. The van der Waals surface area contributed by atoms with Gasteiger partial charge in [0.25, 0.3) is 5.91 Å². The van der Waals surface area contributed by atoms with E-state index in [0.29, 0.717) is 22.1 Å². The van der Waals surface area contributed by atoms with E-state index >= 15 is 0 Å². The molecule has 0 bridgehead atoms. The van der Waals surface area contributed by atoms with Crippen molar-refractivity contribution in [2.75, 3.05) is 12.4 Å². The molecule has 0 spiro atoms. The second kappa shape index (κ2) is 9.61. The fourth-order valence-corrected chi connectivity index (χ4v) is 3.77. The quantitative estimate of drug-likeness (QED) is 0.595. The molecule has 1 aliphatic rings. The molecule has 1 N–H and O–H groups in total. The van der Waals surface area contributed by atoms with Crippen molar-refractivity contribution in [3.63, 3.8) is 0 Å². The van der Waals surface area contributed by atoms with Crippen LogP contribution in [0.1, 0.15) is 49.9 Å². The maximum absolute atomic E-state index is 12.3. The minimum absolute atomic E-state index is 0.0362. The average molecular weight is 363 g/mol. The number of rotatable bonds is 7. The zero-order chi connectivity index (χ0) is 18.2. The summed E-state index contributed by atoms with van der Waals surface area (Å²) in [6, 6.07) is 7.12. The number of nitrogens with one attached hydrogen (secondary N) is 1. The number of ether oxygens (including phenoxy) is 1. The lowest BCUT2D eigenvalue weighted by Crippen LogP contribution is -2.42. The Kier molecular flexibility index (Phi) is 7.50. The number of hydrogen-bond acceptors (Lipinski definition) is 5. The monoisotopic (exact) mass is 363 g/mol. The Bertz CT molecular complexity index is 632. The molecule has 1 aromatic rings. The molecule has 1 saturated carbocycles. The molecule has 0 unspecified atom stereocenters. The van der Waals surface area contributed by atoms with Crippen LogP contribution in [0.25, 0.3) is 0 Å². The number of ketones is 1. The third kappa shape index (κ3) is 6.20. The molecule has 5 nitrogen and oxygen atoms in total. The summed E-state index contributed by atoms with van der Waals surface area (Å²) in [6.07, 6.45) is 4.42. The average Bonchev–Trinajstić information content (AvgIpc) is 2.60. The maximum Gasteiger partial charge on any atom is 0.339 e. The van der Waals surface area contributed by atoms with Crippen molar-refractivity contribution >= 4 is 29.4 Å². The standard InChI is InChI=1S/C19H25NO4S/c1-13-7-3-5-9-16(13)20-18(22)11-24-19(23)15-8-4-6-10-17(15)25-12-14(2)21/h4,6,8,10,13,16H,3,5,7,9,11-12H2,1-2H3,(H,20,22)/t13-,16-/m0/s1. The highest BCUT2D eigenvalue weighted by Crippen LogP contribution is 2.24. The van der Waals surface area contributed by atoms with Gasteiger partial charge in [0.05, 0.1) is 11.3 Å². The van der Waals surface area contributed by atoms with E-state index in [-0.39, 0.29) is 24.3 Å². The lowest BCUT2D eigenvalue weighted by molar-refractivity contribution is -0.125. The van der Waals surface area contributed by atoms with E-state index in [1.165, 1.54) is 25.1 Å². The first kappa shape index (κ1) is 19.5. The summed E-state index contributed by atoms with van der Waals surface area (Å²) in [4.78, 5) is 36.1. The third-order valence-corrected chi connectivity index (χ3v) is 5.55. The molecule has 0 saturated heterocycles. The molecular formula is C19H25NO4S. The third-order valence-electron chi connectivity index (χ3n) is 4.33. The van der Waals surface area contributed by atoms with Gasteiger partial charge in [-0.15, -0.1) is 11.8 Å². The molecule has 0 heterocycles. The molecule has 1 fully saturated rings. The SMILES string of the molecule is CC(=O)CSc1ccccc1C(=O)OCC(=O)N[C@H]1CCCC[C@@H]1C. The molecule has 1 aliphatic carbocycles. The van der Waals surface area contributed by atoms with Crippen LogP contribution in [-0.2, 0) is 14.3 Å². The molecule has 2 rings (SSSR count). The topological polar surface area (TPSA) is 72.5 Å². The summed E-state index contributed by atoms with van der Waals surface area (Å²) in [7, 11) is 0. The normalized spacial score (nSPS) is 19.9. The second-order valence-corrected chi connectivity index (χ2v) is 7.52. The fourth-order valence-electron chi connectivity index (χ4n) is 2.93. The first-order chi connectivity index (χ1) is 12.0. The van der Waals surface area contributed by atoms with Gasteiger partial charge in [0.15, 0.2) is 6.61 Å². The van der Waals surface area contributed by atoms with Gasteiger partial charge in [0.2, 0.25) is 0 Å². The van der Waals surface area contributed by atoms with Crippen LogP contribution in [0.3, 0.4) is 0 Å². The zero-order valence-electron chi connectivity index (χ0n) is 14.7. The number of benzene rings is 1. The summed E-state index contributed by atoms with van der Waals surface area (Å²) in [5, 5.41) is 2.96. The van der Waals surface area contributed by atoms with E-state index in [1.54, 1.807) is 24.3 Å². The zero-order valence-corrected chi connectivity index (χ0v) is 15.6. The number of thioether (sulfide) groups is 1. The van der Waals surface area contributed by atoms with Crippen LogP contribution >= 0.6 is 11.8 Å². The number of Topliss-reactive ketones (excluding diaryl/α,β-unsaturated/α-hetero) is 1. The van der Waals surface area contributed by atoms with E-state index < -0.39 is 5.97 Å². The van der Waals surface area contributed by atoms with Crippen LogP contribution in [0.2, 0.25) is 0 Å². The van der Waals surface area contributed by atoms with Crippen LogP contribution in [-0.4, -0.2) is 36.1 Å². The molecule has 0 aromatic heterocycles. The molecule has 1 aromatic carbocycles.